The summed E-state index contributed by atoms with van der Waals surface area (Å²) in [5.41, 5.74) is 4.17. The molecule has 236 valence electrons. The Morgan fingerprint density at radius 3 is 0.425 bits per heavy atom. The molecular weight excluding hydrogens is 609 g/mol. The molecule has 0 aromatic heterocycles. The molecule has 3 saturated heterocycles. The number of fused-ring (bicyclic) bond motifs is 4. The van der Waals surface area contributed by atoms with Crippen LogP contribution < -0.4 is 0 Å². The highest BCUT2D eigenvalue weighted by molar-refractivity contribution is 8.61. The van der Waals surface area contributed by atoms with E-state index in [1.54, 1.807) is 0 Å². The predicted octanol–water partition coefficient (Wildman–Crippen LogP) is 11.8. The van der Waals surface area contributed by atoms with Gasteiger partial charge in [0.2, 0.25) is 0 Å². The quantitative estimate of drug-likeness (QED) is 0.259. The molecular formula is C32H76Si8. The van der Waals surface area contributed by atoms with E-state index in [1.165, 1.54) is 0 Å². The van der Waals surface area contributed by atoms with E-state index in [2.05, 4.69) is 165 Å². The Labute approximate surface area is 260 Å². The first-order chi connectivity index (χ1) is 17.3. The lowest BCUT2D eigenvalue weighted by Crippen LogP contribution is -3.42. The van der Waals surface area contributed by atoms with Crippen LogP contribution in [0, 0.1) is 0 Å². The Morgan fingerprint density at radius 1 is 0.275 bits per heavy atom. The smallest absolute Gasteiger partial charge is 0.0375 e. The molecule has 0 nitrogen and oxygen atoms in total. The second-order valence-electron chi connectivity index (χ2n) is 21.4. The number of rotatable bonds is 4. The average molecular weight is 686 g/mol. The summed E-state index contributed by atoms with van der Waals surface area (Å²) in [4.78, 5) is 0. The van der Waals surface area contributed by atoms with Crippen LogP contribution in [0.2, 0.25) is 68.5 Å². The maximum atomic E-state index is 3.20. The van der Waals surface area contributed by atoms with Crippen LogP contribution in [0.1, 0.15) is 138 Å². The van der Waals surface area contributed by atoms with E-state index >= 15 is 0 Å². The van der Waals surface area contributed by atoms with Crippen LogP contribution in [0.5, 0.6) is 0 Å². The van der Waals surface area contributed by atoms with E-state index < -0.39 is 54.9 Å². The van der Waals surface area contributed by atoms with E-state index in [9.17, 15) is 0 Å². The van der Waals surface area contributed by atoms with Crippen LogP contribution in [-0.2, 0) is 0 Å². The second-order valence-corrected chi connectivity index (χ2v) is 124. The predicted molar refractivity (Wildman–Crippen MR) is 209 cm³/mol. The normalized spacial score (nSPS) is 47.7. The van der Waals surface area contributed by atoms with Crippen molar-refractivity contribution < 1.29 is 0 Å². The van der Waals surface area contributed by atoms with Gasteiger partial charge < -0.3 is 0 Å². The monoisotopic (exact) mass is 684 g/mol. The van der Waals surface area contributed by atoms with Crippen molar-refractivity contribution in [3.8, 4) is 0 Å². The Hall–Kier alpha value is 1.74. The Kier molecular flexibility index (Phi) is 7.92. The summed E-state index contributed by atoms with van der Waals surface area (Å²) < 4.78 is 0. The van der Waals surface area contributed by atoms with Crippen molar-refractivity contribution in [2.24, 2.45) is 0 Å². The van der Waals surface area contributed by atoms with E-state index in [1.807, 2.05) is 0 Å². The molecule has 3 aliphatic rings. The first-order valence-electron chi connectivity index (χ1n) is 17.3. The van der Waals surface area contributed by atoms with Gasteiger partial charge in [0.25, 0.3) is 0 Å². The van der Waals surface area contributed by atoms with Crippen molar-refractivity contribution in [1.82, 2.24) is 0 Å². The van der Waals surface area contributed by atoms with Crippen molar-refractivity contribution in [1.29, 1.82) is 0 Å². The molecule has 0 saturated carbocycles. The maximum Gasteiger partial charge on any atom is 0.0375 e. The molecule has 8 heteroatoms. The van der Waals surface area contributed by atoms with Crippen LogP contribution in [0.4, 0.5) is 0 Å². The summed E-state index contributed by atoms with van der Waals surface area (Å²) in [6, 6.07) is 0. The fourth-order valence-corrected chi connectivity index (χ4v) is 726. The molecule has 0 aromatic rings. The van der Waals surface area contributed by atoms with E-state index in [0.717, 1.165) is 22.2 Å². The summed E-state index contributed by atoms with van der Waals surface area (Å²) in [6.45, 7) is 63.9. The van der Waals surface area contributed by atoms with Gasteiger partial charge in [-0.3, -0.25) is 0 Å². The third-order valence-corrected chi connectivity index (χ3v) is 319. The first-order valence-corrected chi connectivity index (χ1v) is 45.6. The SMILES string of the molecule is CC(C)[Si]12[Si](C)(C(C)(C)C)[Si](C)(C(C)(C)C)[Si]1(C(C)C)[Si]1(C(C)C)[Si](C)(C(C)(C)C)[Si](C)(C(C)(C)C)[Si]21C(C)C. The van der Waals surface area contributed by atoms with Gasteiger partial charge in [0, 0.05) is 54.9 Å². The maximum absolute atomic E-state index is 3.20. The molecule has 0 radical (unpaired) electrons. The first kappa shape index (κ1) is 36.2. The molecule has 40 heavy (non-hydrogen) atoms. The third-order valence-electron chi connectivity index (χ3n) is 17.1. The van der Waals surface area contributed by atoms with Gasteiger partial charge >= 0.3 is 0 Å². The van der Waals surface area contributed by atoms with Crippen molar-refractivity contribution >= 4 is 54.9 Å². The zero-order valence-corrected chi connectivity index (χ0v) is 40.3. The summed E-state index contributed by atoms with van der Waals surface area (Å²) in [7, 11) is -6.37. The van der Waals surface area contributed by atoms with Crippen LogP contribution in [0.3, 0.4) is 0 Å². The number of hydrogen-bond donors (Lipinski definition) is 0. The fourth-order valence-electron chi connectivity index (χ4n) is 17.1. The van der Waals surface area contributed by atoms with Gasteiger partial charge in [-0.05, 0) is 20.2 Å². The van der Waals surface area contributed by atoms with Crippen LogP contribution in [0.25, 0.3) is 0 Å². The van der Waals surface area contributed by atoms with Crippen molar-refractivity contribution in [3.05, 3.63) is 0 Å². The number of hydrogen-bond acceptors (Lipinski definition) is 0. The van der Waals surface area contributed by atoms with Gasteiger partial charge in [-0.15, -0.1) is 0 Å². The molecule has 0 spiro atoms. The second kappa shape index (κ2) is 8.75. The van der Waals surface area contributed by atoms with Crippen molar-refractivity contribution in [2.45, 2.75) is 207 Å². The zero-order valence-electron chi connectivity index (χ0n) is 32.3. The molecule has 4 atom stereocenters. The average Bonchev–Trinajstić information content (AvgIpc) is 2.67. The summed E-state index contributed by atoms with van der Waals surface area (Å²) >= 11 is 0. The van der Waals surface area contributed by atoms with Crippen LogP contribution >= 0.6 is 0 Å². The van der Waals surface area contributed by atoms with Gasteiger partial charge in [0.15, 0.2) is 0 Å². The van der Waals surface area contributed by atoms with Crippen molar-refractivity contribution in [3.63, 3.8) is 0 Å². The van der Waals surface area contributed by atoms with Gasteiger partial charge in [0.1, 0.15) is 0 Å². The lowest BCUT2D eigenvalue weighted by Gasteiger charge is -3.12. The summed E-state index contributed by atoms with van der Waals surface area (Å²) in [6.07, 6.45) is 0. The topological polar surface area (TPSA) is 0 Å². The minimum atomic E-state index is -1.59. The molecule has 0 amide bonds. The fraction of sp³-hybridized carbons (Fsp3) is 1.00. The lowest BCUT2D eigenvalue weighted by molar-refractivity contribution is 0.701. The molecule has 3 heterocycles. The standard InChI is InChI=1S/C32H76Si8/c1-25(2)37-33(21,29(9,10)11)34(22,30(12,13)14)38(37,26(3)4)40(28(7)8)36(24,32(18,19)20)35(23,31(15,16)17)39(37,40)27(5)6/h25-28H,1-24H3. The molecule has 3 aliphatic heterocycles. The van der Waals surface area contributed by atoms with Crippen molar-refractivity contribution in [2.75, 3.05) is 0 Å². The van der Waals surface area contributed by atoms with E-state index in [4.69, 9.17) is 0 Å². The molecule has 4 unspecified atom stereocenters. The van der Waals surface area contributed by atoms with Gasteiger partial charge in [-0.25, -0.2) is 0 Å². The van der Waals surface area contributed by atoms with Gasteiger partial charge in [-0.2, -0.15) is 0 Å². The largest absolute Gasteiger partial charge is 0.0731 e. The van der Waals surface area contributed by atoms with E-state index in [0.29, 0.717) is 20.2 Å². The van der Waals surface area contributed by atoms with Gasteiger partial charge in [-0.1, -0.05) is 187 Å². The zero-order chi connectivity index (χ0) is 32.3. The minimum Gasteiger partial charge on any atom is -0.0731 e. The van der Waals surface area contributed by atoms with Gasteiger partial charge in [0.05, 0.1) is 0 Å². The summed E-state index contributed by atoms with van der Waals surface area (Å²) in [5.74, 6) is 0. The molecule has 3 rings (SSSR count). The Balaban J connectivity index is 2.94. The highest BCUT2D eigenvalue weighted by Crippen LogP contribution is 2.93. The van der Waals surface area contributed by atoms with Crippen LogP contribution in [-0.4, -0.2) is 54.9 Å². The third kappa shape index (κ3) is 2.59. The molecule has 0 N–H and O–H groups in total. The Morgan fingerprint density at radius 2 is 0.375 bits per heavy atom. The van der Waals surface area contributed by atoms with E-state index in [-0.39, 0.29) is 0 Å². The highest BCUT2D eigenvalue weighted by Gasteiger charge is 3.17. The molecule has 0 bridgehead atoms. The Bertz CT molecular complexity index is 873. The molecule has 0 aromatic carbocycles. The molecule has 0 aliphatic carbocycles. The summed E-state index contributed by atoms with van der Waals surface area (Å²) in [5, 5.41) is 2.21. The minimum absolute atomic E-state index is 0.554. The van der Waals surface area contributed by atoms with Crippen LogP contribution in [0.15, 0.2) is 0 Å². The lowest BCUT2D eigenvalue weighted by atomic mass is 10.2. The molecule has 3 fully saturated rings. The highest BCUT2D eigenvalue weighted by atomic mass is 30.8.